The third kappa shape index (κ3) is 4.15. The standard InChI is InChI=1S/C23H27N3O4/c1-22(2,3)15-6-8-16(9-7-15)23(4)20(28)26(21(29)25-23)14-19(27)24-17-10-12-18(30-5)13-11-17/h6-13H,14H2,1-5H3,(H,24,27)(H,25,29). The molecule has 0 spiro atoms. The number of amides is 4. The number of anilines is 1. The zero-order chi connectivity index (χ0) is 22.1. The van der Waals surface area contributed by atoms with E-state index in [1.807, 2.05) is 24.3 Å². The van der Waals surface area contributed by atoms with E-state index in [4.69, 9.17) is 4.74 Å². The van der Waals surface area contributed by atoms with Crippen LogP contribution >= 0.6 is 0 Å². The van der Waals surface area contributed by atoms with E-state index in [9.17, 15) is 14.4 Å². The fourth-order valence-electron chi connectivity index (χ4n) is 3.36. The smallest absolute Gasteiger partial charge is 0.325 e. The maximum Gasteiger partial charge on any atom is 0.325 e. The molecule has 1 saturated heterocycles. The van der Waals surface area contributed by atoms with Crippen molar-refractivity contribution in [2.24, 2.45) is 0 Å². The third-order valence-electron chi connectivity index (χ3n) is 5.28. The van der Waals surface area contributed by atoms with Gasteiger partial charge in [-0.25, -0.2) is 4.79 Å². The highest BCUT2D eigenvalue weighted by atomic mass is 16.5. The fraction of sp³-hybridized carbons (Fsp3) is 0.348. The number of hydrogen-bond donors (Lipinski definition) is 2. The quantitative estimate of drug-likeness (QED) is 0.741. The van der Waals surface area contributed by atoms with Crippen LogP contribution in [0.2, 0.25) is 0 Å². The molecule has 2 aromatic carbocycles. The number of imide groups is 1. The molecule has 1 fully saturated rings. The predicted octanol–water partition coefficient (Wildman–Crippen LogP) is 3.40. The highest BCUT2D eigenvalue weighted by molar-refractivity contribution is 6.10. The van der Waals surface area contributed by atoms with Crippen molar-refractivity contribution in [2.45, 2.75) is 38.6 Å². The number of carbonyl (C=O) groups excluding carboxylic acids is 3. The highest BCUT2D eigenvalue weighted by Crippen LogP contribution is 2.31. The minimum Gasteiger partial charge on any atom is -0.497 e. The molecule has 3 rings (SSSR count). The Kier molecular flexibility index (Phi) is 5.57. The molecule has 1 atom stereocenters. The molecule has 7 nitrogen and oxygen atoms in total. The second-order valence-electron chi connectivity index (χ2n) is 8.55. The lowest BCUT2D eigenvalue weighted by Gasteiger charge is -2.24. The van der Waals surface area contributed by atoms with Gasteiger partial charge in [0.2, 0.25) is 5.91 Å². The minimum absolute atomic E-state index is 0.0199. The van der Waals surface area contributed by atoms with Crippen molar-refractivity contribution in [1.29, 1.82) is 0 Å². The normalized spacial score (nSPS) is 18.9. The molecule has 1 heterocycles. The molecule has 1 unspecified atom stereocenters. The van der Waals surface area contributed by atoms with Gasteiger partial charge in [-0.1, -0.05) is 45.0 Å². The Hall–Kier alpha value is -3.35. The maximum atomic E-state index is 13.0. The van der Waals surface area contributed by atoms with Crippen LogP contribution in [0.5, 0.6) is 5.75 Å². The van der Waals surface area contributed by atoms with Crippen LogP contribution in [0.25, 0.3) is 0 Å². The van der Waals surface area contributed by atoms with Gasteiger partial charge in [0.15, 0.2) is 0 Å². The minimum atomic E-state index is -1.21. The summed E-state index contributed by atoms with van der Waals surface area (Å²) in [5.74, 6) is -0.257. The lowest BCUT2D eigenvalue weighted by Crippen LogP contribution is -2.42. The van der Waals surface area contributed by atoms with Crippen molar-refractivity contribution in [2.75, 3.05) is 19.0 Å². The fourth-order valence-corrected chi connectivity index (χ4v) is 3.36. The van der Waals surface area contributed by atoms with Crippen LogP contribution in [0.15, 0.2) is 48.5 Å². The summed E-state index contributed by atoms with van der Waals surface area (Å²) in [6.45, 7) is 7.60. The number of methoxy groups -OCH3 is 1. The van der Waals surface area contributed by atoms with E-state index in [0.29, 0.717) is 17.0 Å². The summed E-state index contributed by atoms with van der Waals surface area (Å²) in [5, 5.41) is 5.41. The van der Waals surface area contributed by atoms with Crippen LogP contribution in [0.1, 0.15) is 38.8 Å². The number of benzene rings is 2. The van der Waals surface area contributed by atoms with Gasteiger partial charge >= 0.3 is 6.03 Å². The average Bonchev–Trinajstić information content (AvgIpc) is 2.92. The molecule has 0 aliphatic carbocycles. The van der Waals surface area contributed by atoms with Gasteiger partial charge in [0, 0.05) is 5.69 Å². The van der Waals surface area contributed by atoms with Crippen LogP contribution < -0.4 is 15.4 Å². The molecule has 158 valence electrons. The average molecular weight is 409 g/mol. The zero-order valence-corrected chi connectivity index (χ0v) is 17.9. The molecule has 4 amide bonds. The molecule has 7 heteroatoms. The topological polar surface area (TPSA) is 87.7 Å². The molecule has 0 bridgehead atoms. The molecule has 0 radical (unpaired) electrons. The lowest BCUT2D eigenvalue weighted by molar-refractivity contribution is -0.133. The van der Waals surface area contributed by atoms with Crippen LogP contribution in [-0.4, -0.2) is 36.4 Å². The highest BCUT2D eigenvalue weighted by Gasteiger charge is 2.49. The maximum absolute atomic E-state index is 13.0. The van der Waals surface area contributed by atoms with Crippen LogP contribution in [-0.2, 0) is 20.5 Å². The molecular weight excluding hydrogens is 382 g/mol. The number of hydrogen-bond acceptors (Lipinski definition) is 4. The van der Waals surface area contributed by atoms with E-state index < -0.39 is 23.4 Å². The van der Waals surface area contributed by atoms with E-state index in [0.717, 1.165) is 10.5 Å². The molecule has 0 saturated carbocycles. The van der Waals surface area contributed by atoms with Gasteiger partial charge < -0.3 is 15.4 Å². The Morgan fingerprint density at radius 2 is 1.67 bits per heavy atom. The molecular formula is C23H27N3O4. The van der Waals surface area contributed by atoms with Crippen LogP contribution in [0.4, 0.5) is 10.5 Å². The van der Waals surface area contributed by atoms with E-state index in [2.05, 4.69) is 31.4 Å². The summed E-state index contributed by atoms with van der Waals surface area (Å²) in [4.78, 5) is 38.8. The van der Waals surface area contributed by atoms with Gasteiger partial charge in [0.1, 0.15) is 17.8 Å². The van der Waals surface area contributed by atoms with Crippen molar-refractivity contribution in [3.63, 3.8) is 0 Å². The lowest BCUT2D eigenvalue weighted by atomic mass is 9.84. The number of carbonyl (C=O) groups is 3. The SMILES string of the molecule is COc1ccc(NC(=O)CN2C(=O)NC(C)(c3ccc(C(C)(C)C)cc3)C2=O)cc1. The van der Waals surface area contributed by atoms with Crippen LogP contribution in [0.3, 0.4) is 0 Å². The Labute approximate surface area is 176 Å². The number of ether oxygens (including phenoxy) is 1. The molecule has 2 N–H and O–H groups in total. The largest absolute Gasteiger partial charge is 0.497 e. The summed E-state index contributed by atoms with van der Waals surface area (Å²) in [7, 11) is 1.55. The Morgan fingerprint density at radius 3 is 2.20 bits per heavy atom. The van der Waals surface area contributed by atoms with Crippen molar-refractivity contribution in [3.8, 4) is 5.75 Å². The van der Waals surface area contributed by atoms with Gasteiger partial charge in [-0.15, -0.1) is 0 Å². The Bertz CT molecular complexity index is 961. The molecule has 30 heavy (non-hydrogen) atoms. The van der Waals surface area contributed by atoms with Crippen LogP contribution in [0, 0.1) is 0 Å². The predicted molar refractivity (Wildman–Crippen MR) is 114 cm³/mol. The summed E-state index contributed by atoms with van der Waals surface area (Å²) in [5.41, 5.74) is 1.12. The van der Waals surface area contributed by atoms with Crippen molar-refractivity contribution in [1.82, 2.24) is 10.2 Å². The molecule has 0 aromatic heterocycles. The zero-order valence-electron chi connectivity index (χ0n) is 17.9. The summed E-state index contributed by atoms with van der Waals surface area (Å²) in [6, 6.07) is 13.8. The van der Waals surface area contributed by atoms with Gasteiger partial charge in [-0.3, -0.25) is 14.5 Å². The summed E-state index contributed by atoms with van der Waals surface area (Å²) >= 11 is 0. The van der Waals surface area contributed by atoms with Gasteiger partial charge in [-0.05, 0) is 47.7 Å². The number of rotatable bonds is 5. The van der Waals surface area contributed by atoms with E-state index in [-0.39, 0.29) is 12.0 Å². The van der Waals surface area contributed by atoms with E-state index in [1.54, 1.807) is 38.3 Å². The van der Waals surface area contributed by atoms with Crippen molar-refractivity contribution < 1.29 is 19.1 Å². The molecule has 1 aliphatic rings. The third-order valence-corrected chi connectivity index (χ3v) is 5.28. The van der Waals surface area contributed by atoms with Crippen molar-refractivity contribution >= 4 is 23.5 Å². The number of nitrogens with one attached hydrogen (secondary N) is 2. The first kappa shape index (κ1) is 21.4. The first-order valence-electron chi connectivity index (χ1n) is 9.73. The number of urea groups is 1. The van der Waals surface area contributed by atoms with Gasteiger partial charge in [-0.2, -0.15) is 0 Å². The monoisotopic (exact) mass is 409 g/mol. The number of nitrogens with zero attached hydrogens (tertiary/aromatic N) is 1. The molecule has 2 aromatic rings. The van der Waals surface area contributed by atoms with Gasteiger partial charge in [0.05, 0.1) is 7.11 Å². The second-order valence-corrected chi connectivity index (χ2v) is 8.55. The van der Waals surface area contributed by atoms with E-state index >= 15 is 0 Å². The summed E-state index contributed by atoms with van der Waals surface area (Å²) in [6.07, 6.45) is 0. The summed E-state index contributed by atoms with van der Waals surface area (Å²) < 4.78 is 5.08. The Balaban J connectivity index is 1.72. The van der Waals surface area contributed by atoms with E-state index in [1.165, 1.54) is 0 Å². The Morgan fingerprint density at radius 1 is 1.07 bits per heavy atom. The molecule has 1 aliphatic heterocycles. The first-order valence-corrected chi connectivity index (χ1v) is 9.73. The second kappa shape index (κ2) is 7.82. The first-order chi connectivity index (χ1) is 14.0. The van der Waals surface area contributed by atoms with Gasteiger partial charge in [0.25, 0.3) is 5.91 Å². The van der Waals surface area contributed by atoms with Crippen molar-refractivity contribution in [3.05, 3.63) is 59.7 Å².